The van der Waals surface area contributed by atoms with Gasteiger partial charge in [0.1, 0.15) is 0 Å². The lowest BCUT2D eigenvalue weighted by molar-refractivity contribution is 0.229. The highest BCUT2D eigenvalue weighted by Gasteiger charge is 2.31. The summed E-state index contributed by atoms with van der Waals surface area (Å²) in [5.41, 5.74) is 4.46. The van der Waals surface area contributed by atoms with Gasteiger partial charge >= 0.3 is 0 Å². The van der Waals surface area contributed by atoms with Crippen molar-refractivity contribution in [3.8, 4) is 0 Å². The monoisotopic (exact) mass is 326 g/mol. The highest BCUT2D eigenvalue weighted by Crippen LogP contribution is 2.38. The van der Waals surface area contributed by atoms with Crippen LogP contribution in [-0.4, -0.2) is 15.1 Å². The van der Waals surface area contributed by atoms with Crippen molar-refractivity contribution < 1.29 is 0 Å². The topological polar surface area (TPSA) is 17.8 Å². The molecular weight excluding hydrogens is 300 g/mol. The second kappa shape index (κ2) is 6.43. The van der Waals surface area contributed by atoms with Crippen molar-refractivity contribution in [3.05, 3.63) is 17.0 Å². The molecule has 0 aromatic carbocycles. The zero-order chi connectivity index (χ0) is 13.9. The number of hydrogen-bond donors (Lipinski definition) is 0. The maximum Gasteiger partial charge on any atom is 0.0628 e. The molecule has 2 nitrogen and oxygen atoms in total. The summed E-state index contributed by atoms with van der Waals surface area (Å²) in [5, 5.41) is 5.91. The van der Waals surface area contributed by atoms with Crippen molar-refractivity contribution in [1.29, 1.82) is 0 Å². The minimum atomic E-state index is 0.421. The summed E-state index contributed by atoms with van der Waals surface area (Å²) >= 11 is 3.79. The van der Waals surface area contributed by atoms with Crippen LogP contribution in [0.1, 0.15) is 62.4 Å². The molecule has 3 heteroatoms. The van der Waals surface area contributed by atoms with Crippen molar-refractivity contribution in [2.75, 3.05) is 5.33 Å². The quantitative estimate of drug-likeness (QED) is 0.574. The molecule has 1 aromatic rings. The van der Waals surface area contributed by atoms with E-state index in [1.807, 2.05) is 0 Å². The van der Waals surface area contributed by atoms with E-state index in [9.17, 15) is 0 Å². The van der Waals surface area contributed by atoms with Gasteiger partial charge in [0.2, 0.25) is 0 Å². The van der Waals surface area contributed by atoms with E-state index < -0.39 is 0 Å². The van der Waals surface area contributed by atoms with Gasteiger partial charge < -0.3 is 0 Å². The van der Waals surface area contributed by atoms with Gasteiger partial charge in [-0.25, -0.2) is 0 Å². The molecule has 1 saturated carbocycles. The van der Waals surface area contributed by atoms with Gasteiger partial charge in [-0.15, -0.1) is 0 Å². The van der Waals surface area contributed by atoms with Crippen molar-refractivity contribution in [1.82, 2.24) is 9.78 Å². The van der Waals surface area contributed by atoms with E-state index in [1.165, 1.54) is 55.5 Å². The predicted molar refractivity (Wildman–Crippen MR) is 85.0 cm³/mol. The Bertz CT molecular complexity index is 415. The van der Waals surface area contributed by atoms with Crippen LogP contribution in [0.4, 0.5) is 0 Å². The number of halogens is 1. The van der Waals surface area contributed by atoms with Crippen LogP contribution in [0.25, 0.3) is 0 Å². The zero-order valence-corrected chi connectivity index (χ0v) is 14.2. The summed E-state index contributed by atoms with van der Waals surface area (Å²) in [7, 11) is 0. The smallest absolute Gasteiger partial charge is 0.0628 e. The van der Waals surface area contributed by atoms with Crippen LogP contribution in [0.3, 0.4) is 0 Å². The molecule has 0 amide bonds. The lowest BCUT2D eigenvalue weighted by atomic mass is 9.82. The fourth-order valence-electron chi connectivity index (χ4n) is 3.53. The van der Waals surface area contributed by atoms with E-state index in [2.05, 4.69) is 41.4 Å². The molecule has 1 aliphatic carbocycles. The molecule has 0 atom stereocenters. The normalized spacial score (nSPS) is 19.4. The molecule has 0 unspecified atom stereocenters. The van der Waals surface area contributed by atoms with Crippen LogP contribution in [-0.2, 0) is 13.0 Å². The highest BCUT2D eigenvalue weighted by molar-refractivity contribution is 9.09. The second-order valence-electron chi connectivity index (χ2n) is 6.21. The van der Waals surface area contributed by atoms with Gasteiger partial charge in [-0.1, -0.05) is 48.5 Å². The average molecular weight is 327 g/mol. The van der Waals surface area contributed by atoms with Crippen molar-refractivity contribution >= 4 is 15.9 Å². The molecule has 1 aromatic heterocycles. The molecule has 1 aliphatic rings. The van der Waals surface area contributed by atoms with Crippen molar-refractivity contribution in [3.63, 3.8) is 0 Å². The zero-order valence-electron chi connectivity index (χ0n) is 12.6. The third-order valence-corrected chi connectivity index (χ3v) is 6.01. The first-order chi connectivity index (χ1) is 9.12. The van der Waals surface area contributed by atoms with Crippen LogP contribution in [0.5, 0.6) is 0 Å². The van der Waals surface area contributed by atoms with Crippen LogP contribution in [0.15, 0.2) is 0 Å². The Morgan fingerprint density at radius 1 is 1.16 bits per heavy atom. The number of nitrogens with zero attached hydrogens (tertiary/aromatic N) is 2. The van der Waals surface area contributed by atoms with E-state index in [0.717, 1.165) is 18.3 Å². The highest BCUT2D eigenvalue weighted by atomic mass is 79.9. The molecule has 108 valence electrons. The molecule has 0 aliphatic heterocycles. The Hall–Kier alpha value is -0.310. The fourth-order valence-corrected chi connectivity index (χ4v) is 4.27. The molecule has 0 N–H and O–H groups in total. The van der Waals surface area contributed by atoms with Gasteiger partial charge in [0, 0.05) is 17.6 Å². The van der Waals surface area contributed by atoms with Crippen LogP contribution in [0.2, 0.25) is 0 Å². The van der Waals surface area contributed by atoms with Crippen LogP contribution >= 0.6 is 15.9 Å². The largest absolute Gasteiger partial charge is 0.269 e. The summed E-state index contributed by atoms with van der Waals surface area (Å²) in [4.78, 5) is 0. The summed E-state index contributed by atoms with van der Waals surface area (Å²) < 4.78 is 2.28. The Kier molecular flexibility index (Phi) is 5.10. The first kappa shape index (κ1) is 15.1. The van der Waals surface area contributed by atoms with Crippen molar-refractivity contribution in [2.24, 2.45) is 5.41 Å². The Morgan fingerprint density at radius 2 is 1.79 bits per heavy atom. The summed E-state index contributed by atoms with van der Waals surface area (Å²) in [5.74, 6) is 0. The maximum atomic E-state index is 4.79. The average Bonchev–Trinajstić information content (AvgIpc) is 2.60. The molecule has 0 spiro atoms. The van der Waals surface area contributed by atoms with E-state index >= 15 is 0 Å². The van der Waals surface area contributed by atoms with Crippen LogP contribution in [0, 0.1) is 19.3 Å². The maximum absolute atomic E-state index is 4.79. The van der Waals surface area contributed by atoms with Crippen LogP contribution < -0.4 is 0 Å². The van der Waals surface area contributed by atoms with E-state index in [1.54, 1.807) is 0 Å². The van der Waals surface area contributed by atoms with E-state index in [-0.39, 0.29) is 0 Å². The molecule has 0 radical (unpaired) electrons. The third kappa shape index (κ3) is 3.24. The first-order valence-electron chi connectivity index (χ1n) is 7.71. The van der Waals surface area contributed by atoms with Gasteiger partial charge in [-0.2, -0.15) is 5.10 Å². The predicted octanol–water partition coefficient (Wildman–Crippen LogP) is 4.80. The molecule has 1 heterocycles. The number of hydrogen-bond acceptors (Lipinski definition) is 1. The number of alkyl halides is 1. The first-order valence-corrected chi connectivity index (χ1v) is 8.83. The lowest BCUT2D eigenvalue weighted by Gasteiger charge is -2.31. The Balaban J connectivity index is 2.22. The molecule has 2 rings (SSSR count). The SMILES string of the molecule is CCc1c(C)nn(CC2(CBr)CCCCCC2)c1C. The van der Waals surface area contributed by atoms with Gasteiger partial charge in [0.25, 0.3) is 0 Å². The fraction of sp³-hybridized carbons (Fsp3) is 0.812. The summed E-state index contributed by atoms with van der Waals surface area (Å²) in [6.45, 7) is 7.70. The molecule has 0 saturated heterocycles. The summed E-state index contributed by atoms with van der Waals surface area (Å²) in [6.07, 6.45) is 9.37. The van der Waals surface area contributed by atoms with Gasteiger partial charge in [0.15, 0.2) is 0 Å². The Morgan fingerprint density at radius 3 is 2.26 bits per heavy atom. The van der Waals surface area contributed by atoms with Crippen molar-refractivity contribution in [2.45, 2.75) is 72.3 Å². The van der Waals surface area contributed by atoms with E-state index in [0.29, 0.717) is 5.41 Å². The standard InChI is InChI=1S/C16H27BrN2/c1-4-15-13(2)18-19(14(15)3)12-16(11-17)9-7-5-6-8-10-16/h4-12H2,1-3H3. The van der Waals surface area contributed by atoms with Gasteiger partial charge in [-0.3, -0.25) is 4.68 Å². The molecular formula is C16H27BrN2. The summed E-state index contributed by atoms with van der Waals surface area (Å²) in [6, 6.07) is 0. The lowest BCUT2D eigenvalue weighted by Crippen LogP contribution is -2.29. The Labute approximate surface area is 126 Å². The number of aryl methyl sites for hydroxylation is 1. The molecule has 19 heavy (non-hydrogen) atoms. The molecule has 1 fully saturated rings. The minimum absolute atomic E-state index is 0.421. The second-order valence-corrected chi connectivity index (χ2v) is 6.77. The third-order valence-electron chi connectivity index (χ3n) is 4.82. The number of aromatic nitrogens is 2. The van der Waals surface area contributed by atoms with Gasteiger partial charge in [0.05, 0.1) is 5.69 Å². The number of rotatable bonds is 4. The minimum Gasteiger partial charge on any atom is -0.269 e. The molecule has 0 bridgehead atoms. The van der Waals surface area contributed by atoms with Gasteiger partial charge in [-0.05, 0) is 44.1 Å². The van der Waals surface area contributed by atoms with E-state index in [4.69, 9.17) is 5.10 Å².